The number of carbonyl (C=O) groups is 7. The summed E-state index contributed by atoms with van der Waals surface area (Å²) in [6.07, 6.45) is 2.59. The fourth-order valence-corrected chi connectivity index (χ4v) is 11.5. The molecule has 5 N–H and O–H groups in total. The van der Waals surface area contributed by atoms with E-state index in [4.69, 9.17) is 4.74 Å². The molecule has 3 aliphatic rings. The smallest absolute Gasteiger partial charge is 0.372 e. The Labute approximate surface area is 468 Å². The molecule has 0 aliphatic carbocycles. The minimum absolute atomic E-state index is 0.00925. The molecule has 0 bridgehead atoms. The Morgan fingerprint density at radius 2 is 1.71 bits per heavy atom. The van der Waals surface area contributed by atoms with Crippen LogP contribution in [0, 0.1) is 17.3 Å². The van der Waals surface area contributed by atoms with Gasteiger partial charge in [-0.3, -0.25) is 43.4 Å². The summed E-state index contributed by atoms with van der Waals surface area (Å²) in [6, 6.07) is 23.0. The van der Waals surface area contributed by atoms with Crippen LogP contribution in [0.3, 0.4) is 0 Å². The number of rotatable bonds is 19. The predicted octanol–water partition coefficient (Wildman–Crippen LogP) is 8.13. The van der Waals surface area contributed by atoms with Crippen molar-refractivity contribution in [3.05, 3.63) is 134 Å². The number of ether oxygens (including phenoxy) is 1. The number of amides is 7. The van der Waals surface area contributed by atoms with Crippen molar-refractivity contribution in [1.29, 1.82) is 0 Å². The number of nitrogens with zero attached hydrogens (tertiary/aromatic N) is 3. The van der Waals surface area contributed by atoms with Gasteiger partial charge in [-0.15, -0.1) is 11.3 Å². The van der Waals surface area contributed by atoms with Crippen LogP contribution >= 0.6 is 34.9 Å². The van der Waals surface area contributed by atoms with Gasteiger partial charge in [-0.25, -0.2) is 0 Å². The van der Waals surface area contributed by atoms with Crippen LogP contribution in [0.2, 0.25) is 0 Å². The van der Waals surface area contributed by atoms with E-state index >= 15 is 9.59 Å². The largest absolute Gasteiger partial charge is 0.399 e. The van der Waals surface area contributed by atoms with Gasteiger partial charge in [-0.1, -0.05) is 97.4 Å². The summed E-state index contributed by atoms with van der Waals surface area (Å²) in [7, 11) is -5.86. The van der Waals surface area contributed by atoms with E-state index in [2.05, 4.69) is 43.7 Å². The number of halogens is 3. The van der Waals surface area contributed by atoms with Gasteiger partial charge < -0.3 is 39.9 Å². The van der Waals surface area contributed by atoms with Crippen molar-refractivity contribution in [2.75, 3.05) is 24.5 Å². The molecule has 2 saturated heterocycles. The Morgan fingerprint density at radius 3 is 2.42 bits per heavy atom. The van der Waals surface area contributed by atoms with E-state index in [1.807, 2.05) is 36.4 Å². The maximum absolute atomic E-state index is 15.1. The minimum Gasteiger partial charge on any atom is -0.372 e. The monoisotopic (exact) mass is 1180 g/mol. The SMILES string of the molecule is CC(C)(C)[C@H](NC(=O)c1cc2cc(C(F)(F)P(=O)(O)O)ccc2s1)C(=O)N1C[C@H](OCc2ccccc2)C[C@H]1C(=O)N(CCC(=O)NCCCCCC#Cc1cccc2c1CN(C1CCC(=O)NC1=O)C2=O)c1ccc(Br)cc1. The summed E-state index contributed by atoms with van der Waals surface area (Å²) < 4.78 is 48.4. The highest BCUT2D eigenvalue weighted by molar-refractivity contribution is 9.10. The van der Waals surface area contributed by atoms with Gasteiger partial charge in [0.25, 0.3) is 11.8 Å². The molecule has 5 aromatic rings. The lowest BCUT2D eigenvalue weighted by Crippen LogP contribution is -2.58. The number of unbranched alkanes of at least 4 members (excludes halogenated alkanes) is 3. The van der Waals surface area contributed by atoms with Gasteiger partial charge in [-0.2, -0.15) is 8.78 Å². The van der Waals surface area contributed by atoms with Crippen molar-refractivity contribution in [3.8, 4) is 11.8 Å². The topological polar surface area (TPSA) is 232 Å². The maximum Gasteiger partial charge on any atom is 0.399 e. The fraction of sp³-hybridized carbons (Fsp3) is 0.386. The molecular formula is C57H60BrF2N6O11PS. The molecule has 1 unspecified atom stereocenters. The Morgan fingerprint density at radius 1 is 0.962 bits per heavy atom. The zero-order valence-corrected chi connectivity index (χ0v) is 46.9. The number of nitrogens with one attached hydrogen (secondary N) is 3. The molecule has 17 nitrogen and oxygen atoms in total. The molecule has 7 amide bonds. The van der Waals surface area contributed by atoms with Crippen LogP contribution in [-0.2, 0) is 52.1 Å². The average Bonchev–Trinajstić information content (AvgIpc) is 4.15. The summed E-state index contributed by atoms with van der Waals surface area (Å²) in [5.41, 5.74) is -3.01. The third-order valence-corrected chi connectivity index (χ3v) is 16.7. The number of likely N-dealkylation sites (tertiary alicyclic amines) is 1. The molecule has 8 rings (SSSR count). The number of fused-ring (bicyclic) bond motifs is 2. The molecule has 3 aliphatic heterocycles. The van der Waals surface area contributed by atoms with E-state index in [9.17, 15) is 47.1 Å². The number of benzene rings is 4. The number of imide groups is 1. The van der Waals surface area contributed by atoms with Crippen LogP contribution in [0.25, 0.3) is 10.1 Å². The normalized spacial score (nSPS) is 17.9. The Hall–Kier alpha value is -6.66. The van der Waals surface area contributed by atoms with Crippen molar-refractivity contribution in [2.45, 2.75) is 115 Å². The first kappa shape index (κ1) is 58.5. The summed E-state index contributed by atoms with van der Waals surface area (Å²) in [4.78, 5) is 118. The first-order valence-electron chi connectivity index (χ1n) is 25.8. The molecule has 0 radical (unpaired) electrons. The first-order valence-corrected chi connectivity index (χ1v) is 29.1. The van der Waals surface area contributed by atoms with E-state index in [-0.39, 0.29) is 79.9 Å². The summed E-state index contributed by atoms with van der Waals surface area (Å²) in [5.74, 6) is 3.24. The lowest BCUT2D eigenvalue weighted by Gasteiger charge is -2.36. The summed E-state index contributed by atoms with van der Waals surface area (Å²) in [5, 5.41) is 8.25. The fourth-order valence-electron chi connectivity index (χ4n) is 9.78. The Balaban J connectivity index is 0.909. The van der Waals surface area contributed by atoms with E-state index in [0.29, 0.717) is 40.9 Å². The molecule has 22 heteroatoms. The maximum atomic E-state index is 15.1. The second kappa shape index (κ2) is 24.8. The van der Waals surface area contributed by atoms with Gasteiger partial charge in [0.2, 0.25) is 29.5 Å². The molecule has 4 aromatic carbocycles. The second-order valence-corrected chi connectivity index (χ2v) is 24.4. The van der Waals surface area contributed by atoms with Crippen molar-refractivity contribution in [2.24, 2.45) is 5.41 Å². The molecule has 1 aromatic heterocycles. The minimum atomic E-state index is -5.86. The van der Waals surface area contributed by atoms with Crippen molar-refractivity contribution < 1.29 is 61.4 Å². The zero-order chi connectivity index (χ0) is 56.8. The van der Waals surface area contributed by atoms with Crippen LogP contribution < -0.4 is 20.9 Å². The highest BCUT2D eigenvalue weighted by atomic mass is 79.9. The molecule has 416 valence electrons. The second-order valence-electron chi connectivity index (χ2n) is 20.8. The number of alkyl halides is 2. The van der Waals surface area contributed by atoms with Gasteiger partial charge in [0, 0.05) is 83.4 Å². The number of piperidine rings is 1. The van der Waals surface area contributed by atoms with Gasteiger partial charge in [-0.05, 0) is 95.8 Å². The average molecular weight is 1190 g/mol. The van der Waals surface area contributed by atoms with Gasteiger partial charge in [0.15, 0.2) is 0 Å². The van der Waals surface area contributed by atoms with Crippen molar-refractivity contribution in [1.82, 2.24) is 25.8 Å². The van der Waals surface area contributed by atoms with Crippen LogP contribution in [0.15, 0.2) is 102 Å². The number of carbonyl (C=O) groups excluding carboxylic acids is 7. The third kappa shape index (κ3) is 13.9. The number of hydrogen-bond acceptors (Lipinski definition) is 10. The molecule has 0 saturated carbocycles. The molecule has 4 heterocycles. The summed E-state index contributed by atoms with van der Waals surface area (Å²) in [6.45, 7) is 6.00. The van der Waals surface area contributed by atoms with Crippen LogP contribution in [0.5, 0.6) is 0 Å². The highest BCUT2D eigenvalue weighted by Crippen LogP contribution is 2.59. The number of anilines is 1. The predicted molar refractivity (Wildman–Crippen MR) is 296 cm³/mol. The van der Waals surface area contributed by atoms with Gasteiger partial charge in [0.1, 0.15) is 18.1 Å². The zero-order valence-electron chi connectivity index (χ0n) is 43.6. The quantitative estimate of drug-likeness (QED) is 0.0229. The highest BCUT2D eigenvalue weighted by Gasteiger charge is 2.51. The molecular weight excluding hydrogens is 1130 g/mol. The molecule has 2 fully saturated rings. The van der Waals surface area contributed by atoms with Crippen LogP contribution in [0.4, 0.5) is 14.5 Å². The van der Waals surface area contributed by atoms with Gasteiger partial charge >= 0.3 is 13.3 Å². The molecule has 4 atom stereocenters. The third-order valence-electron chi connectivity index (χ3n) is 14.1. The lowest BCUT2D eigenvalue weighted by molar-refractivity contribution is -0.141. The number of hydrogen-bond donors (Lipinski definition) is 5. The van der Waals surface area contributed by atoms with Crippen LogP contribution in [0.1, 0.15) is 114 Å². The van der Waals surface area contributed by atoms with E-state index in [1.165, 1.54) is 26.8 Å². The van der Waals surface area contributed by atoms with E-state index in [1.54, 1.807) is 57.2 Å². The number of thiophene rings is 1. The van der Waals surface area contributed by atoms with Crippen molar-refractivity contribution >= 4 is 92.0 Å². The van der Waals surface area contributed by atoms with Gasteiger partial charge in [0.05, 0.1) is 17.6 Å². The van der Waals surface area contributed by atoms with Crippen LogP contribution in [-0.4, -0.2) is 105 Å². The Kier molecular flexibility index (Phi) is 18.3. The van der Waals surface area contributed by atoms with E-state index < -0.39 is 72.1 Å². The molecule has 0 spiro atoms. The summed E-state index contributed by atoms with van der Waals surface area (Å²) >= 11 is 4.40. The standard InChI is InChI=1S/C57H60BrF2N6O11PS/c1-56(2,3)50(63-52(70)47-30-37-29-38(18-24-46(37)79-47)57(59,60)78(74,75)76)55(73)65-32-41(77-34-35-13-8-7-9-14-35)31-45(65)54(72)64(40-21-19-39(58)20-22-40)28-26-48(67)61-27-11-6-4-5-10-15-36-16-12-17-42-43(36)33-66(53(42)71)44-23-25-49(68)62-51(44)69/h7-9,12-14,16-22,24,29-30,41,44-45,50H,4-6,11,23,25-28,31-34H2,1-3H3,(H,61,67)(H,63,70)(H,62,68,69)(H2,74,75,76)/t41-,44?,45+,50-/m1/s1. The Bertz CT molecular complexity index is 3270. The van der Waals surface area contributed by atoms with E-state index in [0.717, 1.165) is 51.9 Å². The lowest BCUT2D eigenvalue weighted by atomic mass is 9.85. The first-order chi connectivity index (χ1) is 37.5. The van der Waals surface area contributed by atoms with Crippen molar-refractivity contribution in [3.63, 3.8) is 0 Å². The molecule has 79 heavy (non-hydrogen) atoms.